The average molecular weight is 305 g/mol. The van der Waals surface area contributed by atoms with Gasteiger partial charge in [-0.15, -0.1) is 11.3 Å². The molecule has 1 aliphatic carbocycles. The lowest BCUT2D eigenvalue weighted by Gasteiger charge is -2.25. The Morgan fingerprint density at radius 3 is 2.67 bits per heavy atom. The Morgan fingerprint density at radius 2 is 2.14 bits per heavy atom. The first-order valence-electron chi connectivity index (χ1n) is 7.78. The molecule has 0 saturated heterocycles. The molecule has 1 aromatic rings. The van der Waals surface area contributed by atoms with E-state index in [1.807, 2.05) is 13.1 Å². The number of nitriles is 1. The standard InChI is InChI=1S/C16H23N3OS/c1-3-13-10-18-14(21-13)12(2)19-15(20)16(11-17)8-6-4-5-7-9-16/h10,12H,3-9H2,1-2H3,(H,19,20). The molecule has 114 valence electrons. The minimum atomic E-state index is -0.838. The molecule has 1 heterocycles. The maximum Gasteiger partial charge on any atom is 0.241 e. The summed E-state index contributed by atoms with van der Waals surface area (Å²) in [6, 6.07) is 2.17. The van der Waals surface area contributed by atoms with Crippen LogP contribution in [-0.2, 0) is 11.2 Å². The summed E-state index contributed by atoms with van der Waals surface area (Å²) < 4.78 is 0. The number of carbonyl (C=O) groups excluding carboxylic acids is 1. The average Bonchev–Trinajstić information content (AvgIpc) is 2.84. The predicted molar refractivity (Wildman–Crippen MR) is 83.8 cm³/mol. The quantitative estimate of drug-likeness (QED) is 0.862. The molecule has 5 heteroatoms. The monoisotopic (exact) mass is 305 g/mol. The Balaban J connectivity index is 2.06. The van der Waals surface area contributed by atoms with Crippen molar-refractivity contribution in [2.45, 2.75) is 64.8 Å². The lowest BCUT2D eigenvalue weighted by molar-refractivity contribution is -0.129. The van der Waals surface area contributed by atoms with E-state index in [2.05, 4.69) is 23.3 Å². The number of nitrogens with zero attached hydrogens (tertiary/aromatic N) is 2. The molecular formula is C16H23N3OS. The Kier molecular flexibility index (Phi) is 5.35. The first kappa shape index (κ1) is 16.0. The van der Waals surface area contributed by atoms with Gasteiger partial charge in [-0.1, -0.05) is 32.6 Å². The van der Waals surface area contributed by atoms with Crippen LogP contribution in [0.4, 0.5) is 0 Å². The second kappa shape index (κ2) is 7.04. The van der Waals surface area contributed by atoms with Crippen molar-refractivity contribution in [3.05, 3.63) is 16.1 Å². The van der Waals surface area contributed by atoms with Crippen molar-refractivity contribution >= 4 is 17.2 Å². The number of amides is 1. The zero-order valence-electron chi connectivity index (χ0n) is 12.8. The van der Waals surface area contributed by atoms with Crippen LogP contribution in [0, 0.1) is 16.7 Å². The van der Waals surface area contributed by atoms with Crippen LogP contribution >= 0.6 is 11.3 Å². The molecule has 1 aliphatic rings. The largest absolute Gasteiger partial charge is 0.346 e. The van der Waals surface area contributed by atoms with Crippen molar-refractivity contribution in [1.29, 1.82) is 5.26 Å². The highest BCUT2D eigenvalue weighted by Gasteiger charge is 2.39. The number of hydrogen-bond acceptors (Lipinski definition) is 4. The molecule has 2 rings (SSSR count). The lowest BCUT2D eigenvalue weighted by atomic mass is 9.81. The summed E-state index contributed by atoms with van der Waals surface area (Å²) in [6.07, 6.45) is 8.37. The van der Waals surface area contributed by atoms with E-state index in [0.29, 0.717) is 12.8 Å². The molecule has 0 aromatic carbocycles. The summed E-state index contributed by atoms with van der Waals surface area (Å²) in [5.41, 5.74) is -0.838. The fourth-order valence-corrected chi connectivity index (χ4v) is 3.66. The second-order valence-electron chi connectivity index (χ2n) is 5.82. The fraction of sp³-hybridized carbons (Fsp3) is 0.688. The highest BCUT2D eigenvalue weighted by molar-refractivity contribution is 7.11. The summed E-state index contributed by atoms with van der Waals surface area (Å²) in [5, 5.41) is 13.5. The van der Waals surface area contributed by atoms with Gasteiger partial charge in [0, 0.05) is 11.1 Å². The van der Waals surface area contributed by atoms with Crippen molar-refractivity contribution in [3.8, 4) is 6.07 Å². The number of aryl methyl sites for hydroxylation is 1. The molecular weight excluding hydrogens is 282 g/mol. The smallest absolute Gasteiger partial charge is 0.241 e. The van der Waals surface area contributed by atoms with Gasteiger partial charge in [-0.25, -0.2) is 4.98 Å². The zero-order valence-corrected chi connectivity index (χ0v) is 13.6. The highest BCUT2D eigenvalue weighted by atomic mass is 32.1. The van der Waals surface area contributed by atoms with Gasteiger partial charge in [0.15, 0.2) is 0 Å². The maximum atomic E-state index is 12.6. The number of aromatic nitrogens is 1. The van der Waals surface area contributed by atoms with Crippen LogP contribution in [0.2, 0.25) is 0 Å². The number of thiazole rings is 1. The van der Waals surface area contributed by atoms with Crippen molar-refractivity contribution in [2.24, 2.45) is 5.41 Å². The van der Waals surface area contributed by atoms with Crippen LogP contribution in [-0.4, -0.2) is 10.9 Å². The van der Waals surface area contributed by atoms with Crippen molar-refractivity contribution in [1.82, 2.24) is 10.3 Å². The molecule has 1 N–H and O–H groups in total. The highest BCUT2D eigenvalue weighted by Crippen LogP contribution is 2.35. The third kappa shape index (κ3) is 3.62. The number of nitrogens with one attached hydrogen (secondary N) is 1. The first-order chi connectivity index (χ1) is 10.1. The Hall–Kier alpha value is -1.41. The zero-order chi connectivity index (χ0) is 15.3. The van der Waals surface area contributed by atoms with E-state index in [-0.39, 0.29) is 11.9 Å². The number of rotatable bonds is 4. The summed E-state index contributed by atoms with van der Waals surface area (Å²) in [6.45, 7) is 4.04. The molecule has 21 heavy (non-hydrogen) atoms. The molecule has 0 aliphatic heterocycles. The minimum Gasteiger partial charge on any atom is -0.346 e. The molecule has 1 aromatic heterocycles. The summed E-state index contributed by atoms with van der Waals surface area (Å²) >= 11 is 1.63. The minimum absolute atomic E-state index is 0.118. The molecule has 1 fully saturated rings. The molecule has 0 radical (unpaired) electrons. The van der Waals surface area contributed by atoms with Crippen LogP contribution < -0.4 is 5.32 Å². The third-order valence-corrected chi connectivity index (χ3v) is 5.57. The summed E-state index contributed by atoms with van der Waals surface area (Å²) in [7, 11) is 0. The van der Waals surface area contributed by atoms with E-state index >= 15 is 0 Å². The molecule has 0 spiro atoms. The third-order valence-electron chi connectivity index (χ3n) is 4.24. The van der Waals surface area contributed by atoms with Gasteiger partial charge in [0.1, 0.15) is 10.4 Å². The first-order valence-corrected chi connectivity index (χ1v) is 8.60. The van der Waals surface area contributed by atoms with Gasteiger partial charge in [0.2, 0.25) is 5.91 Å². The normalized spacial score (nSPS) is 19.3. The van der Waals surface area contributed by atoms with Gasteiger partial charge in [-0.05, 0) is 26.2 Å². The summed E-state index contributed by atoms with van der Waals surface area (Å²) in [4.78, 5) is 18.2. The van der Waals surface area contributed by atoms with Crippen LogP contribution in [0.15, 0.2) is 6.20 Å². The van der Waals surface area contributed by atoms with Gasteiger partial charge < -0.3 is 5.32 Å². The van der Waals surface area contributed by atoms with Crippen LogP contribution in [0.5, 0.6) is 0 Å². The Morgan fingerprint density at radius 1 is 1.48 bits per heavy atom. The summed E-state index contributed by atoms with van der Waals surface area (Å²) in [5.74, 6) is -0.118. The Labute approximate surface area is 130 Å². The number of hydrogen-bond donors (Lipinski definition) is 1. The molecule has 4 nitrogen and oxygen atoms in total. The van der Waals surface area contributed by atoms with Crippen LogP contribution in [0.3, 0.4) is 0 Å². The van der Waals surface area contributed by atoms with E-state index < -0.39 is 5.41 Å². The van der Waals surface area contributed by atoms with Gasteiger partial charge in [-0.2, -0.15) is 5.26 Å². The SMILES string of the molecule is CCc1cnc(C(C)NC(=O)C2(C#N)CCCCCC2)s1. The lowest BCUT2D eigenvalue weighted by Crippen LogP contribution is -2.41. The van der Waals surface area contributed by atoms with Crippen molar-refractivity contribution in [3.63, 3.8) is 0 Å². The number of carbonyl (C=O) groups is 1. The molecule has 1 amide bonds. The van der Waals surface area contributed by atoms with Crippen LogP contribution in [0.25, 0.3) is 0 Å². The molecule has 1 atom stereocenters. The van der Waals surface area contributed by atoms with Crippen LogP contribution in [0.1, 0.15) is 68.3 Å². The molecule has 0 bridgehead atoms. The van der Waals surface area contributed by atoms with Gasteiger partial charge in [0.05, 0.1) is 12.1 Å². The van der Waals surface area contributed by atoms with E-state index in [4.69, 9.17) is 0 Å². The Bertz CT molecular complexity index is 524. The van der Waals surface area contributed by atoms with Gasteiger partial charge >= 0.3 is 0 Å². The van der Waals surface area contributed by atoms with Crippen molar-refractivity contribution < 1.29 is 4.79 Å². The predicted octanol–water partition coefficient (Wildman–Crippen LogP) is 3.75. The second-order valence-corrected chi connectivity index (χ2v) is 6.97. The van der Waals surface area contributed by atoms with Gasteiger partial charge in [0.25, 0.3) is 0 Å². The van der Waals surface area contributed by atoms with E-state index in [9.17, 15) is 10.1 Å². The molecule has 1 saturated carbocycles. The van der Waals surface area contributed by atoms with E-state index in [0.717, 1.165) is 37.1 Å². The van der Waals surface area contributed by atoms with Gasteiger partial charge in [-0.3, -0.25) is 4.79 Å². The van der Waals surface area contributed by atoms with E-state index in [1.165, 1.54) is 4.88 Å². The van der Waals surface area contributed by atoms with Crippen molar-refractivity contribution in [2.75, 3.05) is 0 Å². The topological polar surface area (TPSA) is 65.8 Å². The molecule has 1 unspecified atom stereocenters. The fourth-order valence-electron chi connectivity index (χ4n) is 2.80. The van der Waals surface area contributed by atoms with E-state index in [1.54, 1.807) is 11.3 Å². The maximum absolute atomic E-state index is 12.6.